The smallest absolute Gasteiger partial charge is 0.308 e. The highest BCUT2D eigenvalue weighted by Gasteiger charge is 2.26. The minimum atomic E-state index is -0.367. The zero-order valence-electron chi connectivity index (χ0n) is 11.1. The quantitative estimate of drug-likeness (QED) is 0.773. The van der Waals surface area contributed by atoms with Crippen molar-refractivity contribution >= 4 is 11.9 Å². The number of H-pyrrole nitrogens is 1. The van der Waals surface area contributed by atoms with Crippen LogP contribution in [0.15, 0.2) is 23.1 Å². The minimum absolute atomic E-state index is 0.117. The third kappa shape index (κ3) is 3.45. The van der Waals surface area contributed by atoms with Crippen molar-refractivity contribution in [3.8, 4) is 0 Å². The van der Waals surface area contributed by atoms with Gasteiger partial charge in [0.25, 0.3) is 5.91 Å². The number of nitrogens with zero attached hydrogens (tertiary/aromatic N) is 1. The molecule has 0 aromatic carbocycles. The van der Waals surface area contributed by atoms with Gasteiger partial charge in [0.15, 0.2) is 0 Å². The molecular formula is C13H16N2O5. The number of hydrogen-bond donors (Lipinski definition) is 1. The normalized spacial score (nSPS) is 18.6. The molecule has 2 heterocycles. The molecule has 1 saturated heterocycles. The minimum Gasteiger partial charge on any atom is -0.469 e. The monoisotopic (exact) mass is 280 g/mol. The maximum Gasteiger partial charge on any atom is 0.308 e. The number of rotatable bonds is 3. The molecule has 1 amide bonds. The number of amides is 1. The Hall–Kier alpha value is -2.15. The molecule has 1 fully saturated rings. The van der Waals surface area contributed by atoms with Gasteiger partial charge in [-0.15, -0.1) is 0 Å². The average Bonchev–Trinajstić information content (AvgIpc) is 2.47. The zero-order chi connectivity index (χ0) is 14.5. The largest absolute Gasteiger partial charge is 0.469 e. The lowest BCUT2D eigenvalue weighted by atomic mass is 10.1. The Bertz CT molecular complexity index is 533. The number of esters is 1. The molecular weight excluding hydrogens is 264 g/mol. The summed E-state index contributed by atoms with van der Waals surface area (Å²) in [6.07, 6.45) is 1.14. The molecule has 0 saturated carbocycles. The molecule has 1 aliphatic heterocycles. The summed E-state index contributed by atoms with van der Waals surface area (Å²) >= 11 is 0. The first-order valence-electron chi connectivity index (χ1n) is 6.26. The Kier molecular flexibility index (Phi) is 4.52. The first-order chi connectivity index (χ1) is 9.60. The highest BCUT2D eigenvalue weighted by molar-refractivity contribution is 5.94. The molecule has 1 N–H and O–H groups in total. The summed E-state index contributed by atoms with van der Waals surface area (Å²) in [6, 6.07) is 2.78. The third-order valence-corrected chi connectivity index (χ3v) is 3.08. The molecule has 20 heavy (non-hydrogen) atoms. The van der Waals surface area contributed by atoms with Gasteiger partial charge in [-0.1, -0.05) is 0 Å². The Morgan fingerprint density at radius 3 is 2.95 bits per heavy atom. The van der Waals surface area contributed by atoms with Gasteiger partial charge in [-0.3, -0.25) is 14.4 Å². The molecule has 0 aliphatic carbocycles. The fourth-order valence-corrected chi connectivity index (χ4v) is 2.02. The number of carbonyl (C=O) groups is 2. The van der Waals surface area contributed by atoms with Gasteiger partial charge < -0.3 is 19.4 Å². The molecule has 2 rings (SSSR count). The number of morpholine rings is 1. The summed E-state index contributed by atoms with van der Waals surface area (Å²) in [5.41, 5.74) is 0.149. The van der Waals surface area contributed by atoms with Crippen LogP contribution in [-0.4, -0.2) is 54.7 Å². The van der Waals surface area contributed by atoms with E-state index in [0.717, 1.165) is 0 Å². The molecule has 108 valence electrons. The highest BCUT2D eigenvalue weighted by atomic mass is 16.5. The van der Waals surface area contributed by atoms with E-state index >= 15 is 0 Å². The van der Waals surface area contributed by atoms with Gasteiger partial charge in [-0.2, -0.15) is 0 Å². The Morgan fingerprint density at radius 2 is 2.30 bits per heavy atom. The molecule has 1 aliphatic rings. The molecule has 7 heteroatoms. The van der Waals surface area contributed by atoms with Crippen molar-refractivity contribution in [3.63, 3.8) is 0 Å². The van der Waals surface area contributed by atoms with E-state index in [1.54, 1.807) is 4.90 Å². The summed E-state index contributed by atoms with van der Waals surface area (Å²) in [7, 11) is 1.31. The summed E-state index contributed by atoms with van der Waals surface area (Å²) in [5, 5.41) is 0. The second-order valence-corrected chi connectivity index (χ2v) is 4.47. The molecule has 1 atom stereocenters. The first-order valence-corrected chi connectivity index (χ1v) is 6.26. The summed E-state index contributed by atoms with van der Waals surface area (Å²) in [4.78, 5) is 38.5. The van der Waals surface area contributed by atoms with Crippen molar-refractivity contribution in [1.82, 2.24) is 9.88 Å². The fourth-order valence-electron chi connectivity index (χ4n) is 2.02. The summed E-state index contributed by atoms with van der Waals surface area (Å²) in [5.74, 6) is -0.562. The van der Waals surface area contributed by atoms with Gasteiger partial charge in [0, 0.05) is 25.4 Å². The second kappa shape index (κ2) is 6.33. The number of carbonyl (C=O) groups excluding carboxylic acids is 2. The van der Waals surface area contributed by atoms with E-state index in [1.165, 1.54) is 25.4 Å². The van der Waals surface area contributed by atoms with Crippen LogP contribution in [0.5, 0.6) is 0 Å². The van der Waals surface area contributed by atoms with Gasteiger partial charge in [0.1, 0.15) is 0 Å². The number of hydrogen-bond acceptors (Lipinski definition) is 5. The van der Waals surface area contributed by atoms with Crippen LogP contribution in [0.3, 0.4) is 0 Å². The molecule has 0 radical (unpaired) electrons. The van der Waals surface area contributed by atoms with Crippen molar-refractivity contribution in [2.24, 2.45) is 0 Å². The number of aromatic nitrogens is 1. The van der Waals surface area contributed by atoms with Crippen molar-refractivity contribution in [2.45, 2.75) is 12.5 Å². The van der Waals surface area contributed by atoms with Crippen LogP contribution in [0.1, 0.15) is 16.8 Å². The number of ether oxygens (including phenoxy) is 2. The maximum absolute atomic E-state index is 12.2. The Morgan fingerprint density at radius 1 is 1.50 bits per heavy atom. The standard InChI is InChI=1S/C13H16N2O5/c1-19-12(17)6-10-8-15(4-5-20-10)13(18)9-2-3-11(16)14-7-9/h2-3,7,10H,4-6,8H2,1H3,(H,14,16). The SMILES string of the molecule is COC(=O)CC1CN(C(=O)c2ccc(=O)[nH]c2)CCO1. The van der Waals surface area contributed by atoms with Gasteiger partial charge in [-0.05, 0) is 6.07 Å². The Balaban J connectivity index is 2.01. The topological polar surface area (TPSA) is 88.7 Å². The Labute approximate surface area is 115 Å². The van der Waals surface area contributed by atoms with Crippen molar-refractivity contribution < 1.29 is 19.1 Å². The van der Waals surface area contributed by atoms with Crippen molar-refractivity contribution in [1.29, 1.82) is 0 Å². The predicted molar refractivity (Wildman–Crippen MR) is 69.3 cm³/mol. The molecule has 0 bridgehead atoms. The van der Waals surface area contributed by atoms with E-state index in [2.05, 4.69) is 9.72 Å². The number of methoxy groups -OCH3 is 1. The van der Waals surface area contributed by atoms with Crippen molar-refractivity contribution in [3.05, 3.63) is 34.2 Å². The van der Waals surface area contributed by atoms with Gasteiger partial charge in [0.2, 0.25) is 5.56 Å². The lowest BCUT2D eigenvalue weighted by molar-refractivity contribution is -0.145. The summed E-state index contributed by atoms with van der Waals surface area (Å²) < 4.78 is 10.0. The van der Waals surface area contributed by atoms with Crippen LogP contribution in [0.2, 0.25) is 0 Å². The van der Waals surface area contributed by atoms with E-state index in [9.17, 15) is 14.4 Å². The zero-order valence-corrected chi connectivity index (χ0v) is 11.1. The molecule has 1 aromatic rings. The van der Waals surface area contributed by atoms with Crippen LogP contribution in [-0.2, 0) is 14.3 Å². The molecule has 0 spiro atoms. The second-order valence-electron chi connectivity index (χ2n) is 4.47. The lowest BCUT2D eigenvalue weighted by Gasteiger charge is -2.32. The third-order valence-electron chi connectivity index (χ3n) is 3.08. The van der Waals surface area contributed by atoms with Crippen LogP contribution in [0.4, 0.5) is 0 Å². The molecule has 1 aromatic heterocycles. The van der Waals surface area contributed by atoms with E-state index in [-0.39, 0.29) is 30.0 Å². The number of pyridine rings is 1. The fraction of sp³-hybridized carbons (Fsp3) is 0.462. The van der Waals surface area contributed by atoms with Gasteiger partial charge in [0.05, 0.1) is 31.8 Å². The van der Waals surface area contributed by atoms with E-state index in [4.69, 9.17) is 4.74 Å². The van der Waals surface area contributed by atoms with Crippen molar-refractivity contribution in [2.75, 3.05) is 26.8 Å². The van der Waals surface area contributed by atoms with Crippen LogP contribution < -0.4 is 5.56 Å². The number of aromatic amines is 1. The van der Waals surface area contributed by atoms with Crippen LogP contribution in [0, 0.1) is 0 Å². The molecule has 7 nitrogen and oxygen atoms in total. The maximum atomic E-state index is 12.2. The van der Waals surface area contributed by atoms with E-state index in [1.807, 2.05) is 0 Å². The number of nitrogens with one attached hydrogen (secondary N) is 1. The van der Waals surface area contributed by atoms with E-state index in [0.29, 0.717) is 25.3 Å². The van der Waals surface area contributed by atoms with Gasteiger partial charge >= 0.3 is 5.97 Å². The van der Waals surface area contributed by atoms with Crippen LogP contribution >= 0.6 is 0 Å². The predicted octanol–water partition coefficient (Wildman–Crippen LogP) is -0.221. The summed E-state index contributed by atoms with van der Waals surface area (Å²) in [6.45, 7) is 1.15. The molecule has 1 unspecified atom stereocenters. The highest BCUT2D eigenvalue weighted by Crippen LogP contribution is 2.12. The van der Waals surface area contributed by atoms with Gasteiger partial charge in [-0.25, -0.2) is 0 Å². The van der Waals surface area contributed by atoms with E-state index < -0.39 is 0 Å². The first kappa shape index (κ1) is 14.3. The lowest BCUT2D eigenvalue weighted by Crippen LogP contribution is -2.46. The average molecular weight is 280 g/mol. The van der Waals surface area contributed by atoms with Crippen LogP contribution in [0.25, 0.3) is 0 Å².